The summed E-state index contributed by atoms with van der Waals surface area (Å²) < 4.78 is 0. The fourth-order valence-electron chi connectivity index (χ4n) is 3.74. The van der Waals surface area contributed by atoms with Crippen molar-refractivity contribution >= 4 is 28.3 Å². The smallest absolute Gasteiger partial charge is 0.257 e. The second-order valence-electron chi connectivity index (χ2n) is 7.28. The number of aromatic amines is 1. The normalized spacial score (nSPS) is 15.4. The molecule has 1 amide bonds. The van der Waals surface area contributed by atoms with Gasteiger partial charge in [0.1, 0.15) is 5.65 Å². The number of anilines is 2. The minimum Gasteiger partial charge on any atom is -0.371 e. The first kappa shape index (κ1) is 17.5. The van der Waals surface area contributed by atoms with E-state index in [0.29, 0.717) is 11.6 Å². The molecule has 3 aromatic rings. The fourth-order valence-corrected chi connectivity index (χ4v) is 3.74. The van der Waals surface area contributed by atoms with Crippen LogP contribution in [0.4, 0.5) is 11.4 Å². The number of carbonyl (C=O) groups excluding carboxylic acids is 1. The van der Waals surface area contributed by atoms with Gasteiger partial charge in [0.15, 0.2) is 0 Å². The maximum atomic E-state index is 12.6. The number of fused-ring (bicyclic) bond motifs is 1. The van der Waals surface area contributed by atoms with Crippen LogP contribution < -0.4 is 10.2 Å². The molecule has 6 nitrogen and oxygen atoms in total. The SMILES string of the molecule is CN(C)C1CCN(c2ccc(NC(=O)c3c[nH]c4ncccc34)cc2)CC1. The van der Waals surface area contributed by atoms with E-state index < -0.39 is 0 Å². The van der Waals surface area contributed by atoms with Crippen molar-refractivity contribution in [2.24, 2.45) is 0 Å². The number of amides is 1. The molecule has 2 N–H and O–H groups in total. The molecule has 4 rings (SSSR count). The third-order valence-electron chi connectivity index (χ3n) is 5.38. The molecule has 1 saturated heterocycles. The van der Waals surface area contributed by atoms with Crippen LogP contribution in [0.3, 0.4) is 0 Å². The van der Waals surface area contributed by atoms with Crippen LogP contribution in [-0.2, 0) is 0 Å². The highest BCUT2D eigenvalue weighted by molar-refractivity contribution is 6.12. The van der Waals surface area contributed by atoms with Gasteiger partial charge in [0.25, 0.3) is 5.91 Å². The molecule has 1 aliphatic rings. The van der Waals surface area contributed by atoms with Crippen LogP contribution in [0.1, 0.15) is 23.2 Å². The molecule has 1 fully saturated rings. The third-order valence-corrected chi connectivity index (χ3v) is 5.38. The van der Waals surface area contributed by atoms with Crippen LogP contribution in [-0.4, -0.2) is 54.0 Å². The molecule has 0 aliphatic carbocycles. The van der Waals surface area contributed by atoms with E-state index in [4.69, 9.17) is 0 Å². The summed E-state index contributed by atoms with van der Waals surface area (Å²) in [4.78, 5) is 24.6. The van der Waals surface area contributed by atoms with Crippen molar-refractivity contribution in [1.82, 2.24) is 14.9 Å². The Morgan fingerprint density at radius 3 is 2.63 bits per heavy atom. The molecule has 2 aromatic heterocycles. The minimum absolute atomic E-state index is 0.131. The number of pyridine rings is 1. The van der Waals surface area contributed by atoms with Crippen molar-refractivity contribution in [2.75, 3.05) is 37.4 Å². The molecular formula is C21H25N5O. The summed E-state index contributed by atoms with van der Waals surface area (Å²) in [6, 6.07) is 12.5. The second-order valence-corrected chi connectivity index (χ2v) is 7.28. The van der Waals surface area contributed by atoms with E-state index in [1.807, 2.05) is 24.3 Å². The molecule has 140 valence electrons. The number of carbonyl (C=O) groups is 1. The Morgan fingerprint density at radius 2 is 1.93 bits per heavy atom. The molecule has 0 saturated carbocycles. The van der Waals surface area contributed by atoms with Crippen molar-refractivity contribution in [3.63, 3.8) is 0 Å². The summed E-state index contributed by atoms with van der Waals surface area (Å²) in [7, 11) is 4.31. The second kappa shape index (κ2) is 7.40. The lowest BCUT2D eigenvalue weighted by Crippen LogP contribution is -2.41. The van der Waals surface area contributed by atoms with Crippen molar-refractivity contribution in [3.8, 4) is 0 Å². The van der Waals surface area contributed by atoms with Gasteiger partial charge in [-0.3, -0.25) is 4.79 Å². The number of hydrogen-bond acceptors (Lipinski definition) is 4. The number of piperidine rings is 1. The van der Waals surface area contributed by atoms with E-state index in [9.17, 15) is 4.79 Å². The summed E-state index contributed by atoms with van der Waals surface area (Å²) in [5.74, 6) is -0.131. The molecule has 6 heteroatoms. The Labute approximate surface area is 159 Å². The molecule has 0 atom stereocenters. The zero-order valence-electron chi connectivity index (χ0n) is 15.8. The average molecular weight is 363 g/mol. The van der Waals surface area contributed by atoms with E-state index in [2.05, 4.69) is 51.3 Å². The molecule has 3 heterocycles. The van der Waals surface area contributed by atoms with E-state index in [1.54, 1.807) is 12.4 Å². The predicted molar refractivity (Wildman–Crippen MR) is 109 cm³/mol. The highest BCUT2D eigenvalue weighted by atomic mass is 16.1. The molecule has 0 bridgehead atoms. The molecule has 0 radical (unpaired) electrons. The van der Waals surface area contributed by atoms with Crippen LogP contribution in [0.25, 0.3) is 11.0 Å². The first-order valence-electron chi connectivity index (χ1n) is 9.37. The van der Waals surface area contributed by atoms with Gasteiger partial charge in [-0.1, -0.05) is 0 Å². The van der Waals surface area contributed by atoms with Gasteiger partial charge < -0.3 is 20.1 Å². The largest absolute Gasteiger partial charge is 0.371 e. The summed E-state index contributed by atoms with van der Waals surface area (Å²) in [5.41, 5.74) is 3.33. The highest BCUT2D eigenvalue weighted by Gasteiger charge is 2.20. The van der Waals surface area contributed by atoms with Gasteiger partial charge in [-0.05, 0) is 63.3 Å². The molecule has 0 unspecified atom stereocenters. The lowest BCUT2D eigenvalue weighted by Gasteiger charge is -2.36. The quantitative estimate of drug-likeness (QED) is 0.746. The minimum atomic E-state index is -0.131. The van der Waals surface area contributed by atoms with Gasteiger partial charge >= 0.3 is 0 Å². The average Bonchev–Trinajstić information content (AvgIpc) is 3.13. The van der Waals surface area contributed by atoms with Gasteiger partial charge in [0, 0.05) is 48.3 Å². The molecule has 1 aliphatic heterocycles. The van der Waals surface area contributed by atoms with Crippen molar-refractivity contribution < 1.29 is 4.79 Å². The maximum absolute atomic E-state index is 12.6. The lowest BCUT2D eigenvalue weighted by atomic mass is 10.0. The zero-order chi connectivity index (χ0) is 18.8. The Balaban J connectivity index is 1.41. The van der Waals surface area contributed by atoms with Crippen molar-refractivity contribution in [2.45, 2.75) is 18.9 Å². The van der Waals surface area contributed by atoms with E-state index in [1.165, 1.54) is 18.5 Å². The van der Waals surface area contributed by atoms with Gasteiger partial charge in [-0.15, -0.1) is 0 Å². The van der Waals surface area contributed by atoms with Crippen LogP contribution in [0, 0.1) is 0 Å². The predicted octanol–water partition coefficient (Wildman–Crippen LogP) is 3.35. The van der Waals surface area contributed by atoms with Crippen LogP contribution in [0.5, 0.6) is 0 Å². The summed E-state index contributed by atoms with van der Waals surface area (Å²) in [5, 5.41) is 3.81. The zero-order valence-corrected chi connectivity index (χ0v) is 15.8. The van der Waals surface area contributed by atoms with E-state index in [0.717, 1.165) is 29.8 Å². The van der Waals surface area contributed by atoms with Gasteiger partial charge in [0.05, 0.1) is 5.56 Å². The van der Waals surface area contributed by atoms with Gasteiger partial charge in [-0.25, -0.2) is 4.98 Å². The summed E-state index contributed by atoms with van der Waals surface area (Å²) in [6.45, 7) is 2.13. The number of aromatic nitrogens is 2. The number of nitrogens with one attached hydrogen (secondary N) is 2. The van der Waals surface area contributed by atoms with E-state index in [-0.39, 0.29) is 5.91 Å². The number of benzene rings is 1. The molecule has 0 spiro atoms. The topological polar surface area (TPSA) is 64.3 Å². The molecular weight excluding hydrogens is 338 g/mol. The molecule has 27 heavy (non-hydrogen) atoms. The summed E-state index contributed by atoms with van der Waals surface area (Å²) >= 11 is 0. The van der Waals surface area contributed by atoms with E-state index >= 15 is 0 Å². The van der Waals surface area contributed by atoms with Gasteiger partial charge in [-0.2, -0.15) is 0 Å². The number of H-pyrrole nitrogens is 1. The Hall–Kier alpha value is -2.86. The third kappa shape index (κ3) is 3.66. The van der Waals surface area contributed by atoms with Crippen molar-refractivity contribution in [3.05, 3.63) is 54.4 Å². The Morgan fingerprint density at radius 1 is 1.19 bits per heavy atom. The van der Waals surface area contributed by atoms with Crippen LogP contribution in [0.2, 0.25) is 0 Å². The van der Waals surface area contributed by atoms with Gasteiger partial charge in [0.2, 0.25) is 0 Å². The monoisotopic (exact) mass is 363 g/mol. The number of rotatable bonds is 4. The lowest BCUT2D eigenvalue weighted by molar-refractivity contribution is 0.102. The fraction of sp³-hybridized carbons (Fsp3) is 0.333. The van der Waals surface area contributed by atoms with Crippen molar-refractivity contribution in [1.29, 1.82) is 0 Å². The first-order valence-corrected chi connectivity index (χ1v) is 9.37. The van der Waals surface area contributed by atoms with Crippen LogP contribution in [0.15, 0.2) is 48.8 Å². The summed E-state index contributed by atoms with van der Waals surface area (Å²) in [6.07, 6.45) is 5.77. The highest BCUT2D eigenvalue weighted by Crippen LogP contribution is 2.24. The number of hydrogen-bond donors (Lipinski definition) is 2. The Bertz CT molecular complexity index is 923. The number of nitrogens with zero attached hydrogens (tertiary/aromatic N) is 3. The van der Waals surface area contributed by atoms with Crippen LogP contribution >= 0.6 is 0 Å². The standard InChI is InChI=1S/C21H25N5O/c1-25(2)16-9-12-26(13-10-16)17-7-5-15(6-8-17)24-21(27)19-14-23-20-18(19)4-3-11-22-20/h3-8,11,14,16H,9-10,12-13H2,1-2H3,(H,22,23)(H,24,27). The molecule has 1 aromatic carbocycles. The maximum Gasteiger partial charge on any atom is 0.257 e. The Kier molecular flexibility index (Phi) is 4.81. The first-order chi connectivity index (χ1) is 13.1.